The van der Waals surface area contributed by atoms with Crippen molar-refractivity contribution in [1.29, 1.82) is 0 Å². The molecule has 0 fully saturated rings. The van der Waals surface area contributed by atoms with Crippen LogP contribution in [-0.2, 0) is 0 Å². The minimum absolute atomic E-state index is 1.14. The topological polar surface area (TPSA) is 12.0 Å². The largest absolute Gasteiger partial charge is 0.352 e. The molecule has 0 saturated heterocycles. The third-order valence-corrected chi connectivity index (χ3v) is 4.47. The fourth-order valence-corrected chi connectivity index (χ4v) is 3.68. The van der Waals surface area contributed by atoms with Gasteiger partial charge in [0.05, 0.1) is 4.53 Å². The van der Waals surface area contributed by atoms with Crippen LogP contribution in [0.2, 0.25) is 0 Å². The number of halogens is 1. The van der Waals surface area contributed by atoms with Crippen LogP contribution >= 0.6 is 27.3 Å². The van der Waals surface area contributed by atoms with Crippen molar-refractivity contribution in [3.05, 3.63) is 38.0 Å². The van der Waals surface area contributed by atoms with Gasteiger partial charge in [-0.25, -0.2) is 0 Å². The quantitative estimate of drug-likeness (QED) is 0.665. The molecule has 2 aromatic rings. The molecule has 0 radical (unpaired) electrons. The Morgan fingerprint density at radius 1 is 1.27 bits per heavy atom. The first-order valence-electron chi connectivity index (χ1n) is 4.74. The number of nitrogens with one attached hydrogen (secondary N) is 1. The summed E-state index contributed by atoms with van der Waals surface area (Å²) in [6.45, 7) is 0. The lowest BCUT2D eigenvalue weighted by Gasteiger charge is -2.03. The first-order chi connectivity index (χ1) is 7.33. The molecule has 1 aliphatic carbocycles. The van der Waals surface area contributed by atoms with Crippen LogP contribution in [0.1, 0.15) is 5.56 Å². The molecular weight excluding hydrogens is 270 g/mol. The molecule has 0 spiro atoms. The Labute approximate surface area is 98.9 Å². The molecule has 0 unspecified atom stereocenters. The van der Waals surface area contributed by atoms with Gasteiger partial charge in [0.1, 0.15) is 5.00 Å². The van der Waals surface area contributed by atoms with Gasteiger partial charge in [-0.1, -0.05) is 22.0 Å². The normalized spacial score (nSPS) is 13.9. The summed E-state index contributed by atoms with van der Waals surface area (Å²) in [5, 5.41) is 5.99. The van der Waals surface area contributed by atoms with Crippen molar-refractivity contribution >= 4 is 44.5 Å². The highest BCUT2D eigenvalue weighted by molar-refractivity contribution is 9.10. The number of fused-ring (bicyclic) bond motifs is 7. The zero-order valence-corrected chi connectivity index (χ0v) is 10.1. The Morgan fingerprint density at radius 3 is 3.13 bits per heavy atom. The molecule has 2 aliphatic rings. The van der Waals surface area contributed by atoms with Gasteiger partial charge < -0.3 is 5.32 Å². The second-order valence-corrected chi connectivity index (χ2v) is 5.72. The van der Waals surface area contributed by atoms with E-state index in [2.05, 4.69) is 51.7 Å². The Balaban J connectivity index is 2.20. The lowest BCUT2D eigenvalue weighted by Crippen LogP contribution is -2.20. The maximum atomic E-state index is 3.51. The minimum atomic E-state index is 1.14. The first kappa shape index (κ1) is 8.13. The Bertz CT molecular complexity index is 712. The van der Waals surface area contributed by atoms with E-state index < -0.39 is 0 Å². The summed E-state index contributed by atoms with van der Waals surface area (Å²) in [5.74, 6) is 0. The van der Waals surface area contributed by atoms with E-state index in [0.717, 1.165) is 4.47 Å². The van der Waals surface area contributed by atoms with E-state index >= 15 is 0 Å². The van der Waals surface area contributed by atoms with Crippen LogP contribution in [0.25, 0.3) is 23.4 Å². The second kappa shape index (κ2) is 2.54. The van der Waals surface area contributed by atoms with Gasteiger partial charge in [-0.15, -0.1) is 11.3 Å². The fraction of sp³-hybridized carbons (Fsp3) is 0. The summed E-state index contributed by atoms with van der Waals surface area (Å²) in [6, 6.07) is 6.47. The Kier molecular flexibility index (Phi) is 1.38. The van der Waals surface area contributed by atoms with E-state index in [9.17, 15) is 0 Å². The van der Waals surface area contributed by atoms with Crippen molar-refractivity contribution in [2.45, 2.75) is 0 Å². The maximum absolute atomic E-state index is 3.51. The summed E-state index contributed by atoms with van der Waals surface area (Å²) < 4.78 is 2.50. The van der Waals surface area contributed by atoms with Crippen LogP contribution in [0.15, 0.2) is 22.7 Å². The van der Waals surface area contributed by atoms with E-state index in [0.29, 0.717) is 0 Å². The molecule has 1 aromatic heterocycles. The summed E-state index contributed by atoms with van der Waals surface area (Å²) in [7, 11) is 0. The third kappa shape index (κ3) is 0.924. The lowest BCUT2D eigenvalue weighted by atomic mass is 10.1. The van der Waals surface area contributed by atoms with E-state index in [-0.39, 0.29) is 0 Å². The van der Waals surface area contributed by atoms with Crippen LogP contribution in [0, 0.1) is 0 Å². The second-order valence-electron chi connectivity index (χ2n) is 3.75. The molecule has 3 heteroatoms. The zero-order valence-electron chi connectivity index (χ0n) is 7.67. The highest BCUT2D eigenvalue weighted by Crippen LogP contribution is 2.36. The fourth-order valence-electron chi connectivity index (χ4n) is 2.25. The van der Waals surface area contributed by atoms with Crippen LogP contribution < -0.4 is 15.1 Å². The van der Waals surface area contributed by atoms with Gasteiger partial charge in [-0.05, 0) is 29.3 Å². The van der Waals surface area contributed by atoms with Gasteiger partial charge >= 0.3 is 0 Å². The number of anilines is 1. The van der Waals surface area contributed by atoms with Crippen LogP contribution in [-0.4, -0.2) is 0 Å². The SMILES string of the molecule is Brc1ccc2c(c1)C=c1c-2c2sc1=CN2. The molecule has 2 heterocycles. The average molecular weight is 276 g/mol. The highest BCUT2D eigenvalue weighted by atomic mass is 79.9. The number of rotatable bonds is 0. The summed E-state index contributed by atoms with van der Waals surface area (Å²) >= 11 is 5.35. The van der Waals surface area contributed by atoms with Gasteiger partial charge in [0, 0.05) is 21.5 Å². The highest BCUT2D eigenvalue weighted by Gasteiger charge is 2.21. The molecule has 1 nitrogen and oxygen atoms in total. The van der Waals surface area contributed by atoms with Gasteiger partial charge in [0.2, 0.25) is 0 Å². The predicted octanol–water partition coefficient (Wildman–Crippen LogP) is 2.48. The summed E-state index contributed by atoms with van der Waals surface area (Å²) in [4.78, 5) is 0. The van der Waals surface area contributed by atoms with Gasteiger partial charge in [0.15, 0.2) is 0 Å². The van der Waals surface area contributed by atoms with Crippen molar-refractivity contribution in [3.8, 4) is 11.1 Å². The summed E-state index contributed by atoms with van der Waals surface area (Å²) in [5.41, 5.74) is 4.06. The molecule has 2 bridgehead atoms. The average Bonchev–Trinajstić information content (AvgIpc) is 2.85. The number of thiophene rings is 1. The smallest absolute Gasteiger partial charge is 0.102 e. The number of hydrogen-bond donors (Lipinski definition) is 1. The molecule has 0 atom stereocenters. The van der Waals surface area contributed by atoms with E-state index in [1.165, 1.54) is 31.4 Å². The number of benzene rings is 1. The zero-order chi connectivity index (χ0) is 9.99. The molecule has 1 N–H and O–H groups in total. The predicted molar refractivity (Wildman–Crippen MR) is 68.4 cm³/mol. The molecular formula is C12H6BrNS. The molecule has 72 valence electrons. The van der Waals surface area contributed by atoms with E-state index in [1.807, 2.05) is 11.3 Å². The van der Waals surface area contributed by atoms with Gasteiger partial charge in [-0.2, -0.15) is 0 Å². The Morgan fingerprint density at radius 2 is 2.20 bits per heavy atom. The number of hydrogen-bond acceptors (Lipinski definition) is 2. The van der Waals surface area contributed by atoms with Crippen molar-refractivity contribution in [3.63, 3.8) is 0 Å². The standard InChI is InChI=1S/C12H6BrNS/c13-7-1-2-8-6(3-7)4-9-10-5-14-12(15-10)11(8)9/h1-5,14H. The molecule has 0 amide bonds. The molecule has 1 aliphatic heterocycles. The van der Waals surface area contributed by atoms with Crippen molar-refractivity contribution in [2.75, 3.05) is 5.32 Å². The maximum Gasteiger partial charge on any atom is 0.102 e. The Hall–Kier alpha value is -1.06. The lowest BCUT2D eigenvalue weighted by molar-refractivity contribution is 1.60. The van der Waals surface area contributed by atoms with Gasteiger partial charge in [0.25, 0.3) is 0 Å². The monoisotopic (exact) mass is 275 g/mol. The van der Waals surface area contributed by atoms with Crippen molar-refractivity contribution in [1.82, 2.24) is 0 Å². The molecule has 0 saturated carbocycles. The minimum Gasteiger partial charge on any atom is -0.352 e. The third-order valence-electron chi connectivity index (χ3n) is 2.89. The van der Waals surface area contributed by atoms with E-state index in [1.54, 1.807) is 0 Å². The van der Waals surface area contributed by atoms with Crippen LogP contribution in [0.3, 0.4) is 0 Å². The van der Waals surface area contributed by atoms with E-state index in [4.69, 9.17) is 0 Å². The van der Waals surface area contributed by atoms with Crippen molar-refractivity contribution in [2.24, 2.45) is 0 Å². The van der Waals surface area contributed by atoms with Gasteiger partial charge in [-0.3, -0.25) is 0 Å². The van der Waals surface area contributed by atoms with Crippen LogP contribution in [0.4, 0.5) is 5.00 Å². The van der Waals surface area contributed by atoms with Crippen LogP contribution in [0.5, 0.6) is 0 Å². The first-order valence-corrected chi connectivity index (χ1v) is 6.35. The molecule has 15 heavy (non-hydrogen) atoms. The summed E-state index contributed by atoms with van der Waals surface area (Å²) in [6.07, 6.45) is 4.37. The molecule has 1 aromatic carbocycles. The van der Waals surface area contributed by atoms with Crippen molar-refractivity contribution < 1.29 is 0 Å². The molecule has 4 rings (SSSR count).